The molecule has 0 bridgehead atoms. The fourth-order valence-electron chi connectivity index (χ4n) is 1.53. The number of hydrogen-bond donors (Lipinski definition) is 0. The van der Waals surface area contributed by atoms with E-state index >= 15 is 0 Å². The van der Waals surface area contributed by atoms with Crippen LogP contribution >= 0.6 is 0 Å². The minimum atomic E-state index is -0.470. The van der Waals surface area contributed by atoms with Crippen molar-refractivity contribution in [1.82, 2.24) is 9.55 Å². The first kappa shape index (κ1) is 12.4. The monoisotopic (exact) mass is 228 g/mol. The van der Waals surface area contributed by atoms with Crippen molar-refractivity contribution in [2.45, 2.75) is 6.42 Å². The Kier molecular flexibility index (Phi) is 4.24. The Morgan fingerprint density at radius 3 is 2.94 bits per heavy atom. The van der Waals surface area contributed by atoms with E-state index in [0.717, 1.165) is 6.42 Å². The Balaban J connectivity index is 2.77. The van der Waals surface area contributed by atoms with Gasteiger partial charge in [-0.15, -0.1) is 0 Å². The Morgan fingerprint density at radius 2 is 2.38 bits per heavy atom. The van der Waals surface area contributed by atoms with E-state index in [4.69, 9.17) is 4.74 Å². The zero-order valence-corrected chi connectivity index (χ0v) is 9.71. The highest BCUT2D eigenvalue weighted by Gasteiger charge is 2.22. The molecule has 90 valence electrons. The highest BCUT2D eigenvalue weighted by molar-refractivity contribution is 5.53. The molecule has 16 heavy (non-hydrogen) atoms. The van der Waals surface area contributed by atoms with Crippen molar-refractivity contribution in [2.75, 3.05) is 32.2 Å². The lowest BCUT2D eigenvalue weighted by Gasteiger charge is -2.17. The Labute approximate surface area is 93.8 Å². The Hall–Kier alpha value is -1.63. The molecule has 0 aliphatic carbocycles. The molecule has 1 heterocycles. The van der Waals surface area contributed by atoms with Gasteiger partial charge in [0.05, 0.1) is 0 Å². The van der Waals surface area contributed by atoms with Gasteiger partial charge in [0.15, 0.2) is 0 Å². The highest BCUT2D eigenvalue weighted by atomic mass is 16.6. The number of aryl methyl sites for hydroxylation is 1. The molecule has 0 unspecified atom stereocenters. The van der Waals surface area contributed by atoms with Crippen LogP contribution in [0.5, 0.6) is 0 Å². The van der Waals surface area contributed by atoms with Crippen LogP contribution < -0.4 is 4.90 Å². The molecule has 0 amide bonds. The molecule has 0 saturated heterocycles. The van der Waals surface area contributed by atoms with Gasteiger partial charge in [0, 0.05) is 34.4 Å². The molecule has 0 fully saturated rings. The zero-order valence-electron chi connectivity index (χ0n) is 9.71. The molecule has 0 aliphatic heterocycles. The molecular formula is C9H16N4O3. The van der Waals surface area contributed by atoms with Gasteiger partial charge in [0.2, 0.25) is 12.1 Å². The first-order valence-electron chi connectivity index (χ1n) is 4.93. The third-order valence-electron chi connectivity index (χ3n) is 2.26. The lowest BCUT2D eigenvalue weighted by atomic mass is 10.4. The van der Waals surface area contributed by atoms with E-state index < -0.39 is 4.92 Å². The number of nitrogens with zero attached hydrogens (tertiary/aromatic N) is 4. The van der Waals surface area contributed by atoms with E-state index in [1.54, 1.807) is 25.8 Å². The fraction of sp³-hybridized carbons (Fsp3) is 0.667. The van der Waals surface area contributed by atoms with Gasteiger partial charge in [-0.2, -0.15) is 0 Å². The van der Waals surface area contributed by atoms with Gasteiger partial charge in [0.1, 0.15) is 0 Å². The SMILES string of the molecule is COCCCN(C)c1c([N+](=O)[O-])ncn1C. The minimum Gasteiger partial charge on any atom is -0.385 e. The van der Waals surface area contributed by atoms with E-state index in [1.807, 2.05) is 4.90 Å². The Bertz CT molecular complexity index is 364. The highest BCUT2D eigenvalue weighted by Crippen LogP contribution is 2.24. The summed E-state index contributed by atoms with van der Waals surface area (Å²) in [5.41, 5.74) is 0. The molecule has 7 heteroatoms. The third-order valence-corrected chi connectivity index (χ3v) is 2.26. The van der Waals surface area contributed by atoms with Crippen molar-refractivity contribution in [2.24, 2.45) is 7.05 Å². The second kappa shape index (κ2) is 5.45. The van der Waals surface area contributed by atoms with Crippen molar-refractivity contribution in [3.05, 3.63) is 16.4 Å². The van der Waals surface area contributed by atoms with E-state index in [9.17, 15) is 10.1 Å². The van der Waals surface area contributed by atoms with E-state index in [-0.39, 0.29) is 5.82 Å². The summed E-state index contributed by atoms with van der Waals surface area (Å²) in [7, 11) is 5.17. The maximum Gasteiger partial charge on any atom is 0.406 e. The first-order valence-corrected chi connectivity index (χ1v) is 4.93. The predicted molar refractivity (Wildman–Crippen MR) is 59.6 cm³/mol. The standard InChI is InChI=1S/C9H16N4O3/c1-11(5-4-6-16-3)9-8(13(14)15)10-7-12(9)2/h7H,4-6H2,1-3H3. The number of nitro groups is 1. The van der Waals surface area contributed by atoms with Crippen LogP contribution in [0.15, 0.2) is 6.33 Å². The molecule has 0 N–H and O–H groups in total. The van der Waals surface area contributed by atoms with Crippen LogP contribution in [0, 0.1) is 10.1 Å². The number of aromatic nitrogens is 2. The van der Waals surface area contributed by atoms with Gasteiger partial charge < -0.3 is 19.8 Å². The summed E-state index contributed by atoms with van der Waals surface area (Å²) < 4.78 is 6.58. The second-order valence-electron chi connectivity index (χ2n) is 3.53. The molecule has 0 radical (unpaired) electrons. The molecule has 7 nitrogen and oxygen atoms in total. The van der Waals surface area contributed by atoms with Crippen molar-refractivity contribution >= 4 is 11.6 Å². The Morgan fingerprint density at radius 1 is 1.69 bits per heavy atom. The van der Waals surface area contributed by atoms with Crippen molar-refractivity contribution in [1.29, 1.82) is 0 Å². The van der Waals surface area contributed by atoms with Crippen LogP contribution in [0.2, 0.25) is 0 Å². The smallest absolute Gasteiger partial charge is 0.385 e. The zero-order chi connectivity index (χ0) is 12.1. The van der Waals surface area contributed by atoms with Crippen molar-refractivity contribution in [3.8, 4) is 0 Å². The van der Waals surface area contributed by atoms with Gasteiger partial charge >= 0.3 is 5.82 Å². The summed E-state index contributed by atoms with van der Waals surface area (Å²) in [6.45, 7) is 1.32. The quantitative estimate of drug-likeness (QED) is 0.409. The minimum absolute atomic E-state index is 0.109. The maximum atomic E-state index is 10.7. The van der Waals surface area contributed by atoms with Crippen molar-refractivity contribution in [3.63, 3.8) is 0 Å². The number of hydrogen-bond acceptors (Lipinski definition) is 5. The number of anilines is 1. The van der Waals surface area contributed by atoms with E-state index in [2.05, 4.69) is 4.98 Å². The van der Waals surface area contributed by atoms with Crippen LogP contribution in [-0.4, -0.2) is 41.8 Å². The normalized spacial score (nSPS) is 10.4. The lowest BCUT2D eigenvalue weighted by Crippen LogP contribution is -2.22. The van der Waals surface area contributed by atoms with Crippen molar-refractivity contribution < 1.29 is 9.66 Å². The predicted octanol–water partition coefficient (Wildman–Crippen LogP) is 0.801. The average Bonchev–Trinajstić information content (AvgIpc) is 2.60. The third kappa shape index (κ3) is 2.69. The number of ether oxygens (including phenoxy) is 1. The largest absolute Gasteiger partial charge is 0.406 e. The molecule has 0 aromatic carbocycles. The van der Waals surface area contributed by atoms with E-state index in [0.29, 0.717) is 19.0 Å². The van der Waals surface area contributed by atoms with Crippen LogP contribution in [0.25, 0.3) is 0 Å². The summed E-state index contributed by atoms with van der Waals surface area (Å²) in [6, 6.07) is 0. The number of rotatable bonds is 6. The molecule has 0 atom stereocenters. The van der Waals surface area contributed by atoms with Crippen LogP contribution in [0.3, 0.4) is 0 Å². The summed E-state index contributed by atoms with van der Waals surface area (Å²) in [4.78, 5) is 15.8. The fourth-order valence-corrected chi connectivity index (χ4v) is 1.53. The van der Waals surface area contributed by atoms with Gasteiger partial charge in [-0.3, -0.25) is 4.57 Å². The molecule has 0 saturated carbocycles. The average molecular weight is 228 g/mol. The topological polar surface area (TPSA) is 73.4 Å². The second-order valence-corrected chi connectivity index (χ2v) is 3.53. The molecule has 1 aromatic heterocycles. The summed E-state index contributed by atoms with van der Waals surface area (Å²) in [5, 5.41) is 10.7. The summed E-state index contributed by atoms with van der Waals surface area (Å²) in [5.74, 6) is 0.406. The molecular weight excluding hydrogens is 212 g/mol. The van der Waals surface area contributed by atoms with Crippen LogP contribution in [-0.2, 0) is 11.8 Å². The van der Waals surface area contributed by atoms with Crippen LogP contribution in [0.1, 0.15) is 6.42 Å². The summed E-state index contributed by atoms with van der Waals surface area (Å²) >= 11 is 0. The molecule has 0 spiro atoms. The van der Waals surface area contributed by atoms with Gasteiger partial charge in [-0.25, -0.2) is 0 Å². The lowest BCUT2D eigenvalue weighted by molar-refractivity contribution is -0.388. The van der Waals surface area contributed by atoms with Gasteiger partial charge in [-0.1, -0.05) is 0 Å². The summed E-state index contributed by atoms with van der Waals surface area (Å²) in [6.07, 6.45) is 2.26. The van der Waals surface area contributed by atoms with E-state index in [1.165, 1.54) is 6.33 Å². The molecule has 0 aliphatic rings. The molecule has 1 aromatic rings. The number of methoxy groups -OCH3 is 1. The van der Waals surface area contributed by atoms with Gasteiger partial charge in [0.25, 0.3) is 0 Å². The van der Waals surface area contributed by atoms with Gasteiger partial charge in [-0.05, 0) is 16.3 Å². The molecule has 1 rings (SSSR count). The first-order chi connectivity index (χ1) is 7.57. The van der Waals surface area contributed by atoms with Crippen LogP contribution in [0.4, 0.5) is 11.6 Å². The number of imidazole rings is 1. The maximum absolute atomic E-state index is 10.7.